The number of fused-ring (bicyclic) bond motifs is 3. The van der Waals surface area contributed by atoms with E-state index < -0.39 is 0 Å². The number of nitrogens with two attached hydrogens (primary N) is 1. The Morgan fingerprint density at radius 2 is 2.15 bits per heavy atom. The zero-order valence-corrected chi connectivity index (χ0v) is 12.5. The van der Waals surface area contributed by atoms with E-state index in [4.69, 9.17) is 5.73 Å². The summed E-state index contributed by atoms with van der Waals surface area (Å²) in [7, 11) is 0. The lowest BCUT2D eigenvalue weighted by Crippen LogP contribution is -2.24. The third kappa shape index (κ3) is 2.11. The number of aryl methyl sites for hydroxylation is 2. The summed E-state index contributed by atoms with van der Waals surface area (Å²) in [6.45, 7) is 0. The average molecular weight is 283 g/mol. The molecule has 2 N–H and O–H groups in total. The van der Waals surface area contributed by atoms with Crippen LogP contribution in [-0.2, 0) is 12.8 Å². The highest BCUT2D eigenvalue weighted by atomic mass is 32.1. The van der Waals surface area contributed by atoms with Gasteiger partial charge in [-0.15, -0.1) is 0 Å². The van der Waals surface area contributed by atoms with Gasteiger partial charge in [0.1, 0.15) is 0 Å². The maximum Gasteiger partial charge on any atom is 0.00791 e. The van der Waals surface area contributed by atoms with Gasteiger partial charge in [-0.1, -0.05) is 24.3 Å². The fourth-order valence-corrected chi connectivity index (χ4v) is 4.87. The number of thiophene rings is 1. The van der Waals surface area contributed by atoms with Crippen LogP contribution in [0.25, 0.3) is 0 Å². The zero-order valence-electron chi connectivity index (χ0n) is 11.7. The Morgan fingerprint density at radius 1 is 1.25 bits per heavy atom. The first-order valence-electron chi connectivity index (χ1n) is 7.69. The van der Waals surface area contributed by atoms with Gasteiger partial charge in [0.05, 0.1) is 0 Å². The molecule has 0 bridgehead atoms. The van der Waals surface area contributed by atoms with E-state index in [9.17, 15) is 0 Å². The predicted octanol–water partition coefficient (Wildman–Crippen LogP) is 3.98. The molecule has 104 valence electrons. The molecule has 1 saturated carbocycles. The fourth-order valence-electron chi connectivity index (χ4n) is 4.16. The van der Waals surface area contributed by atoms with Crippen LogP contribution >= 0.6 is 11.3 Å². The summed E-state index contributed by atoms with van der Waals surface area (Å²) in [5, 5.41) is 4.41. The summed E-state index contributed by atoms with van der Waals surface area (Å²) >= 11 is 1.79. The molecule has 4 atom stereocenters. The van der Waals surface area contributed by atoms with Crippen molar-refractivity contribution in [3.8, 4) is 0 Å². The molecule has 4 unspecified atom stereocenters. The van der Waals surface area contributed by atoms with Crippen LogP contribution in [0.5, 0.6) is 0 Å². The maximum atomic E-state index is 6.52. The third-order valence-electron chi connectivity index (χ3n) is 5.23. The topological polar surface area (TPSA) is 26.0 Å². The second kappa shape index (κ2) is 5.01. The molecule has 1 fully saturated rings. The number of hydrogen-bond donors (Lipinski definition) is 1. The smallest absolute Gasteiger partial charge is 0.00791 e. The van der Waals surface area contributed by atoms with Gasteiger partial charge in [-0.3, -0.25) is 0 Å². The lowest BCUT2D eigenvalue weighted by molar-refractivity contribution is 0.504. The van der Waals surface area contributed by atoms with Crippen molar-refractivity contribution in [1.29, 1.82) is 0 Å². The van der Waals surface area contributed by atoms with E-state index in [1.807, 2.05) is 0 Å². The summed E-state index contributed by atoms with van der Waals surface area (Å²) in [6.07, 6.45) is 4.88. The fraction of sp³-hybridized carbons (Fsp3) is 0.444. The molecule has 2 aromatic rings. The normalized spacial score (nSPS) is 28.6. The van der Waals surface area contributed by atoms with Crippen LogP contribution in [0.15, 0.2) is 41.1 Å². The maximum absolute atomic E-state index is 6.52. The molecule has 0 radical (unpaired) electrons. The van der Waals surface area contributed by atoms with Crippen molar-refractivity contribution in [2.45, 2.75) is 37.6 Å². The lowest BCUT2D eigenvalue weighted by Gasteiger charge is -2.13. The molecule has 0 aliphatic heterocycles. The van der Waals surface area contributed by atoms with Gasteiger partial charge in [0.25, 0.3) is 0 Å². The second-order valence-electron chi connectivity index (χ2n) is 6.34. The zero-order chi connectivity index (χ0) is 13.5. The molecule has 2 aliphatic carbocycles. The van der Waals surface area contributed by atoms with Crippen LogP contribution in [0, 0.1) is 11.8 Å². The Kier molecular flexibility index (Phi) is 3.16. The van der Waals surface area contributed by atoms with Crippen molar-refractivity contribution in [2.24, 2.45) is 17.6 Å². The summed E-state index contributed by atoms with van der Waals surface area (Å²) in [4.78, 5) is 0. The summed E-state index contributed by atoms with van der Waals surface area (Å²) in [5.74, 6) is 2.36. The van der Waals surface area contributed by atoms with Gasteiger partial charge in [-0.05, 0) is 77.0 Å². The van der Waals surface area contributed by atoms with Gasteiger partial charge < -0.3 is 5.73 Å². The molecule has 0 spiro atoms. The van der Waals surface area contributed by atoms with Crippen LogP contribution in [0.1, 0.15) is 35.4 Å². The summed E-state index contributed by atoms with van der Waals surface area (Å²) in [6, 6.07) is 11.6. The molecular formula is C18H21NS. The summed E-state index contributed by atoms with van der Waals surface area (Å²) in [5.41, 5.74) is 11.1. The quantitative estimate of drug-likeness (QED) is 0.902. The van der Waals surface area contributed by atoms with Crippen LogP contribution in [0.3, 0.4) is 0 Å². The molecule has 1 aromatic heterocycles. The van der Waals surface area contributed by atoms with Crippen molar-refractivity contribution in [3.63, 3.8) is 0 Å². The first-order valence-corrected chi connectivity index (χ1v) is 8.63. The molecule has 0 saturated heterocycles. The molecule has 20 heavy (non-hydrogen) atoms. The average Bonchev–Trinajstić information content (AvgIpc) is 3.00. The first kappa shape index (κ1) is 12.6. The largest absolute Gasteiger partial charge is 0.327 e. The minimum absolute atomic E-state index is 0.371. The van der Waals surface area contributed by atoms with Gasteiger partial charge >= 0.3 is 0 Å². The van der Waals surface area contributed by atoms with E-state index >= 15 is 0 Å². The molecule has 4 rings (SSSR count). The monoisotopic (exact) mass is 283 g/mol. The van der Waals surface area contributed by atoms with Crippen molar-refractivity contribution < 1.29 is 0 Å². The predicted molar refractivity (Wildman–Crippen MR) is 85.1 cm³/mol. The van der Waals surface area contributed by atoms with Crippen molar-refractivity contribution in [3.05, 3.63) is 57.8 Å². The number of rotatable bonds is 4. The molecule has 2 heteroatoms. The Hall–Kier alpha value is -1.12. The highest BCUT2D eigenvalue weighted by Gasteiger charge is 2.55. The van der Waals surface area contributed by atoms with E-state index in [0.29, 0.717) is 6.04 Å². The Bertz CT molecular complexity index is 589. The van der Waals surface area contributed by atoms with Crippen molar-refractivity contribution in [1.82, 2.24) is 0 Å². The molecule has 1 heterocycles. The van der Waals surface area contributed by atoms with Gasteiger partial charge in [-0.25, -0.2) is 0 Å². The van der Waals surface area contributed by atoms with Gasteiger partial charge in [0.15, 0.2) is 0 Å². The Morgan fingerprint density at radius 3 is 3.00 bits per heavy atom. The van der Waals surface area contributed by atoms with E-state index in [1.54, 1.807) is 22.5 Å². The van der Waals surface area contributed by atoms with Crippen LogP contribution in [0.4, 0.5) is 0 Å². The second-order valence-corrected chi connectivity index (χ2v) is 7.12. The highest BCUT2D eigenvalue weighted by Crippen LogP contribution is 2.61. The molecule has 2 aliphatic rings. The Balaban J connectivity index is 1.44. The van der Waals surface area contributed by atoms with Crippen molar-refractivity contribution in [2.75, 3.05) is 0 Å². The third-order valence-corrected chi connectivity index (χ3v) is 5.96. The highest BCUT2D eigenvalue weighted by molar-refractivity contribution is 7.07. The van der Waals surface area contributed by atoms with Crippen LogP contribution in [-0.4, -0.2) is 6.04 Å². The van der Waals surface area contributed by atoms with Crippen LogP contribution in [0.2, 0.25) is 0 Å². The minimum atomic E-state index is 0.371. The number of benzene rings is 1. The summed E-state index contributed by atoms with van der Waals surface area (Å²) < 4.78 is 0. The first-order chi connectivity index (χ1) is 9.84. The van der Waals surface area contributed by atoms with Gasteiger partial charge in [-0.2, -0.15) is 11.3 Å². The van der Waals surface area contributed by atoms with E-state index in [0.717, 1.165) is 30.6 Å². The standard InChI is InChI=1S/C18H21NS/c19-16(8-5-12-9-10-20-11-12)18-15-7-6-13-3-1-2-4-14(13)17(15)18/h1-4,9-11,15-18H,5-8,19H2. The molecule has 1 nitrogen and oxygen atoms in total. The molecular weight excluding hydrogens is 262 g/mol. The van der Waals surface area contributed by atoms with E-state index in [1.165, 1.54) is 18.4 Å². The Labute approximate surface area is 124 Å². The van der Waals surface area contributed by atoms with E-state index in [-0.39, 0.29) is 0 Å². The minimum Gasteiger partial charge on any atom is -0.327 e. The van der Waals surface area contributed by atoms with Crippen molar-refractivity contribution >= 4 is 11.3 Å². The van der Waals surface area contributed by atoms with Gasteiger partial charge in [0.2, 0.25) is 0 Å². The molecule has 1 aromatic carbocycles. The molecule has 0 amide bonds. The lowest BCUT2D eigenvalue weighted by atomic mass is 9.92. The van der Waals surface area contributed by atoms with E-state index in [2.05, 4.69) is 41.1 Å². The van der Waals surface area contributed by atoms with Crippen LogP contribution < -0.4 is 5.73 Å². The van der Waals surface area contributed by atoms with Gasteiger partial charge in [0, 0.05) is 6.04 Å². The number of hydrogen-bond acceptors (Lipinski definition) is 2. The SMILES string of the molecule is NC(CCc1ccsc1)C1C2CCc3ccccc3C21.